The lowest BCUT2D eigenvalue weighted by Crippen LogP contribution is -2.35. The van der Waals surface area contributed by atoms with E-state index in [1.165, 1.54) is 10.4 Å². The van der Waals surface area contributed by atoms with E-state index in [9.17, 15) is 4.79 Å². The average molecular weight is 350 g/mol. The van der Waals surface area contributed by atoms with Gasteiger partial charge in [-0.05, 0) is 35.1 Å². The summed E-state index contributed by atoms with van der Waals surface area (Å²) >= 11 is 1.77. The monoisotopic (exact) mass is 350 g/mol. The number of amides is 1. The molecule has 0 N–H and O–H groups in total. The molecule has 4 rings (SSSR count). The third-order valence-corrected chi connectivity index (χ3v) is 5.33. The molecule has 1 aliphatic heterocycles. The van der Waals surface area contributed by atoms with Crippen LogP contribution in [0.5, 0.6) is 5.88 Å². The zero-order chi connectivity index (χ0) is 17.1. The van der Waals surface area contributed by atoms with Gasteiger partial charge >= 0.3 is 0 Å². The molecule has 25 heavy (non-hydrogen) atoms. The fraction of sp³-hybridized carbons (Fsp3) is 0.200. The average Bonchev–Trinajstić information content (AvgIpc) is 3.14. The van der Waals surface area contributed by atoms with E-state index in [0.717, 1.165) is 18.5 Å². The van der Waals surface area contributed by atoms with Gasteiger partial charge in [0, 0.05) is 35.8 Å². The molecule has 0 fully saturated rings. The van der Waals surface area contributed by atoms with E-state index in [1.54, 1.807) is 29.7 Å². The lowest BCUT2D eigenvalue weighted by molar-refractivity contribution is 0.0735. The van der Waals surface area contributed by atoms with Gasteiger partial charge in [-0.1, -0.05) is 30.3 Å². The van der Waals surface area contributed by atoms with Gasteiger partial charge in [-0.25, -0.2) is 4.98 Å². The van der Waals surface area contributed by atoms with Gasteiger partial charge in [-0.2, -0.15) is 0 Å². The number of hydrogen-bond acceptors (Lipinski definition) is 4. The molecule has 0 saturated heterocycles. The Morgan fingerprint density at radius 3 is 2.96 bits per heavy atom. The molecule has 0 unspecified atom stereocenters. The van der Waals surface area contributed by atoms with Crippen LogP contribution in [-0.4, -0.2) is 22.3 Å². The minimum atomic E-state index is 0.0313. The van der Waals surface area contributed by atoms with Gasteiger partial charge in [0.15, 0.2) is 0 Å². The van der Waals surface area contributed by atoms with Gasteiger partial charge in [0.25, 0.3) is 5.91 Å². The van der Waals surface area contributed by atoms with Crippen molar-refractivity contribution < 1.29 is 9.53 Å². The number of fused-ring (bicyclic) bond motifs is 1. The Balaban J connectivity index is 1.45. The second-order valence-electron chi connectivity index (χ2n) is 6.00. The predicted octanol–water partition coefficient (Wildman–Crippen LogP) is 3.92. The Kier molecular flexibility index (Phi) is 4.48. The highest BCUT2D eigenvalue weighted by atomic mass is 32.1. The summed E-state index contributed by atoms with van der Waals surface area (Å²) in [6.07, 6.45) is 2.56. The Morgan fingerprint density at radius 2 is 2.08 bits per heavy atom. The Morgan fingerprint density at radius 1 is 1.20 bits per heavy atom. The molecule has 3 aromatic rings. The highest BCUT2D eigenvalue weighted by Crippen LogP contribution is 2.25. The summed E-state index contributed by atoms with van der Waals surface area (Å²) in [6.45, 7) is 1.88. The van der Waals surface area contributed by atoms with Gasteiger partial charge in [0.1, 0.15) is 6.61 Å². The Bertz CT molecular complexity index is 876. The van der Waals surface area contributed by atoms with E-state index in [1.807, 2.05) is 35.2 Å². The van der Waals surface area contributed by atoms with Crippen LogP contribution in [0.25, 0.3) is 0 Å². The van der Waals surface area contributed by atoms with Gasteiger partial charge < -0.3 is 9.64 Å². The van der Waals surface area contributed by atoms with Gasteiger partial charge in [-0.3, -0.25) is 4.79 Å². The number of carbonyl (C=O) groups excluding carboxylic acids is 1. The molecule has 5 heteroatoms. The number of rotatable bonds is 4. The number of benzene rings is 1. The standard InChI is InChI=1S/C20H18N2O2S/c23-20(22-10-7-18-17(13-22)8-11-25-18)16-6-9-21-19(12-16)24-14-15-4-2-1-3-5-15/h1-6,8-9,11-12H,7,10,13-14H2. The van der Waals surface area contributed by atoms with Crippen LogP contribution in [0.3, 0.4) is 0 Å². The molecule has 2 aromatic heterocycles. The second-order valence-corrected chi connectivity index (χ2v) is 7.00. The molecule has 1 aliphatic rings. The predicted molar refractivity (Wildman–Crippen MR) is 97.8 cm³/mol. The highest BCUT2D eigenvalue weighted by molar-refractivity contribution is 7.10. The molecule has 0 radical (unpaired) electrons. The van der Waals surface area contributed by atoms with Crippen molar-refractivity contribution in [2.75, 3.05) is 6.54 Å². The maximum absolute atomic E-state index is 12.8. The van der Waals surface area contributed by atoms with Crippen LogP contribution in [0.2, 0.25) is 0 Å². The summed E-state index contributed by atoms with van der Waals surface area (Å²) in [5.41, 5.74) is 2.96. The van der Waals surface area contributed by atoms with E-state index in [4.69, 9.17) is 4.74 Å². The van der Waals surface area contributed by atoms with Gasteiger partial charge in [-0.15, -0.1) is 11.3 Å². The maximum atomic E-state index is 12.8. The molecule has 0 saturated carbocycles. The minimum Gasteiger partial charge on any atom is -0.473 e. The smallest absolute Gasteiger partial charge is 0.254 e. The van der Waals surface area contributed by atoms with Crippen LogP contribution in [0.4, 0.5) is 0 Å². The van der Waals surface area contributed by atoms with Crippen LogP contribution < -0.4 is 4.74 Å². The van der Waals surface area contributed by atoms with Crippen molar-refractivity contribution in [2.24, 2.45) is 0 Å². The fourth-order valence-electron chi connectivity index (χ4n) is 2.96. The number of aromatic nitrogens is 1. The Labute approximate surface area is 150 Å². The number of hydrogen-bond donors (Lipinski definition) is 0. The molecule has 3 heterocycles. The molecule has 1 amide bonds. The first-order chi connectivity index (χ1) is 12.3. The van der Waals surface area contributed by atoms with Crippen molar-refractivity contribution >= 4 is 17.2 Å². The third kappa shape index (κ3) is 3.56. The SMILES string of the molecule is O=C(c1ccnc(OCc2ccccc2)c1)N1CCc2sccc2C1. The first-order valence-electron chi connectivity index (χ1n) is 8.27. The summed E-state index contributed by atoms with van der Waals surface area (Å²) in [7, 11) is 0. The number of carbonyl (C=O) groups is 1. The molecule has 0 atom stereocenters. The van der Waals surface area contributed by atoms with E-state index < -0.39 is 0 Å². The number of ether oxygens (including phenoxy) is 1. The van der Waals surface area contributed by atoms with Crippen LogP contribution in [0.15, 0.2) is 60.1 Å². The summed E-state index contributed by atoms with van der Waals surface area (Å²) in [6, 6.07) is 15.5. The molecule has 0 aliphatic carbocycles. The summed E-state index contributed by atoms with van der Waals surface area (Å²) in [5.74, 6) is 0.506. The zero-order valence-electron chi connectivity index (χ0n) is 13.7. The van der Waals surface area contributed by atoms with Crippen molar-refractivity contribution in [3.63, 3.8) is 0 Å². The summed E-state index contributed by atoms with van der Waals surface area (Å²) in [5, 5.41) is 2.10. The minimum absolute atomic E-state index is 0.0313. The van der Waals surface area contributed by atoms with Gasteiger partial charge in [0.05, 0.1) is 0 Å². The molecular weight excluding hydrogens is 332 g/mol. The van der Waals surface area contributed by atoms with E-state index >= 15 is 0 Å². The van der Waals surface area contributed by atoms with E-state index in [2.05, 4.69) is 16.4 Å². The van der Waals surface area contributed by atoms with E-state index in [-0.39, 0.29) is 5.91 Å². The van der Waals surface area contributed by atoms with Crippen molar-refractivity contribution in [2.45, 2.75) is 19.6 Å². The molecule has 0 bridgehead atoms. The number of thiophene rings is 1. The van der Waals surface area contributed by atoms with Crippen LogP contribution in [0.1, 0.15) is 26.4 Å². The van der Waals surface area contributed by atoms with Crippen LogP contribution >= 0.6 is 11.3 Å². The highest BCUT2D eigenvalue weighted by Gasteiger charge is 2.22. The largest absolute Gasteiger partial charge is 0.473 e. The molecular formula is C20H18N2O2S. The van der Waals surface area contributed by atoms with Crippen LogP contribution in [-0.2, 0) is 19.6 Å². The van der Waals surface area contributed by atoms with Crippen molar-refractivity contribution in [3.8, 4) is 5.88 Å². The lowest BCUT2D eigenvalue weighted by Gasteiger charge is -2.27. The second kappa shape index (κ2) is 7.07. The zero-order valence-corrected chi connectivity index (χ0v) is 14.5. The molecule has 1 aromatic carbocycles. The molecule has 4 nitrogen and oxygen atoms in total. The topological polar surface area (TPSA) is 42.4 Å². The first kappa shape index (κ1) is 15.8. The number of pyridine rings is 1. The van der Waals surface area contributed by atoms with Crippen molar-refractivity contribution in [1.29, 1.82) is 0 Å². The van der Waals surface area contributed by atoms with E-state index in [0.29, 0.717) is 24.6 Å². The third-order valence-electron chi connectivity index (χ3n) is 4.31. The number of nitrogens with zero attached hydrogens (tertiary/aromatic N) is 2. The maximum Gasteiger partial charge on any atom is 0.254 e. The fourth-order valence-corrected chi connectivity index (χ4v) is 3.85. The molecule has 126 valence electrons. The van der Waals surface area contributed by atoms with Crippen molar-refractivity contribution in [1.82, 2.24) is 9.88 Å². The lowest BCUT2D eigenvalue weighted by atomic mass is 10.1. The van der Waals surface area contributed by atoms with Crippen LogP contribution in [0, 0.1) is 0 Å². The summed E-state index contributed by atoms with van der Waals surface area (Å²) < 4.78 is 5.73. The van der Waals surface area contributed by atoms with Crippen molar-refractivity contribution in [3.05, 3.63) is 81.7 Å². The Hall–Kier alpha value is -2.66. The van der Waals surface area contributed by atoms with Gasteiger partial charge in [0.2, 0.25) is 5.88 Å². The summed E-state index contributed by atoms with van der Waals surface area (Å²) in [4.78, 5) is 20.3. The normalized spacial score (nSPS) is 13.4. The molecule has 0 spiro atoms. The quantitative estimate of drug-likeness (QED) is 0.716. The first-order valence-corrected chi connectivity index (χ1v) is 9.15.